The van der Waals surface area contributed by atoms with Crippen molar-refractivity contribution in [3.05, 3.63) is 12.4 Å². The van der Waals surface area contributed by atoms with Gasteiger partial charge in [-0.2, -0.15) is 0 Å². The molecule has 118 valence electrons. The molecule has 0 radical (unpaired) electrons. The van der Waals surface area contributed by atoms with Crippen molar-refractivity contribution in [1.29, 1.82) is 0 Å². The first-order valence-corrected chi connectivity index (χ1v) is 7.51. The van der Waals surface area contributed by atoms with Crippen molar-refractivity contribution in [2.75, 3.05) is 43.0 Å². The van der Waals surface area contributed by atoms with E-state index in [1.165, 1.54) is 11.3 Å². The Hall–Kier alpha value is -2.38. The maximum atomic E-state index is 11.9. The molecule has 0 saturated carbocycles. The van der Waals surface area contributed by atoms with E-state index >= 15 is 0 Å². The summed E-state index contributed by atoms with van der Waals surface area (Å²) in [6.45, 7) is 2.70. The van der Waals surface area contributed by atoms with Gasteiger partial charge in [0.25, 0.3) is 0 Å². The van der Waals surface area contributed by atoms with E-state index in [-0.39, 0.29) is 12.5 Å². The van der Waals surface area contributed by atoms with Crippen molar-refractivity contribution >= 4 is 23.6 Å². The number of cyclic esters (lactones) is 1. The maximum absolute atomic E-state index is 11.9. The van der Waals surface area contributed by atoms with Crippen LogP contribution >= 0.6 is 0 Å². The highest BCUT2D eigenvalue weighted by Crippen LogP contribution is 2.16. The van der Waals surface area contributed by atoms with Crippen LogP contribution in [0.15, 0.2) is 12.4 Å². The van der Waals surface area contributed by atoms with Crippen LogP contribution in [-0.2, 0) is 9.53 Å². The molecule has 0 aliphatic carbocycles. The largest absolute Gasteiger partial charge is 0.448 e. The van der Waals surface area contributed by atoms with Crippen LogP contribution in [0.1, 0.15) is 19.3 Å². The predicted octanol–water partition coefficient (Wildman–Crippen LogP) is 0.858. The fourth-order valence-corrected chi connectivity index (χ4v) is 2.59. The second-order valence-corrected chi connectivity index (χ2v) is 5.40. The quantitative estimate of drug-likeness (QED) is 0.887. The third-order valence-corrected chi connectivity index (χ3v) is 3.74. The predicted molar refractivity (Wildman–Crippen MR) is 79.6 cm³/mol. The molecule has 22 heavy (non-hydrogen) atoms. The van der Waals surface area contributed by atoms with Crippen LogP contribution in [0.3, 0.4) is 0 Å². The van der Waals surface area contributed by atoms with E-state index in [4.69, 9.17) is 4.74 Å². The highest BCUT2D eigenvalue weighted by Gasteiger charge is 2.24. The van der Waals surface area contributed by atoms with Gasteiger partial charge in [0.05, 0.1) is 24.6 Å². The molecule has 2 fully saturated rings. The zero-order valence-electron chi connectivity index (χ0n) is 12.3. The third kappa shape index (κ3) is 3.44. The number of hydrogen-bond acceptors (Lipinski definition) is 6. The van der Waals surface area contributed by atoms with Gasteiger partial charge < -0.3 is 15.0 Å². The molecule has 3 heterocycles. The second-order valence-electron chi connectivity index (χ2n) is 5.40. The smallest absolute Gasteiger partial charge is 0.410 e. The van der Waals surface area contributed by atoms with Crippen LogP contribution in [0.5, 0.6) is 0 Å². The monoisotopic (exact) mass is 305 g/mol. The molecule has 2 aliphatic rings. The Bertz CT molecular complexity index is 542. The van der Waals surface area contributed by atoms with Gasteiger partial charge >= 0.3 is 6.09 Å². The topological polar surface area (TPSA) is 87.7 Å². The summed E-state index contributed by atoms with van der Waals surface area (Å²) in [4.78, 5) is 35.3. The number of anilines is 2. The number of amides is 2. The highest BCUT2D eigenvalue weighted by atomic mass is 16.6. The van der Waals surface area contributed by atoms with Crippen molar-refractivity contribution in [1.82, 2.24) is 14.9 Å². The molecule has 8 nitrogen and oxygen atoms in total. The maximum Gasteiger partial charge on any atom is 0.410 e. The van der Waals surface area contributed by atoms with Gasteiger partial charge in [0.1, 0.15) is 13.2 Å². The molecule has 3 rings (SSSR count). The van der Waals surface area contributed by atoms with Crippen molar-refractivity contribution in [2.24, 2.45) is 0 Å². The SMILES string of the molecule is O=C(CN1CCOC1=O)Nc1cnc(N2CCCCC2)nc1. The summed E-state index contributed by atoms with van der Waals surface area (Å²) < 4.78 is 4.78. The van der Waals surface area contributed by atoms with E-state index in [1.807, 2.05) is 0 Å². The first kappa shape index (κ1) is 14.6. The molecule has 2 aliphatic heterocycles. The highest BCUT2D eigenvalue weighted by molar-refractivity contribution is 5.93. The standard InChI is InChI=1S/C14H19N5O3/c20-12(10-19-6-7-22-14(19)21)17-11-8-15-13(16-9-11)18-4-2-1-3-5-18/h8-9H,1-7,10H2,(H,17,20). The van der Waals surface area contributed by atoms with E-state index < -0.39 is 6.09 Å². The molecule has 2 amide bonds. The lowest BCUT2D eigenvalue weighted by molar-refractivity contribution is -0.116. The second kappa shape index (κ2) is 6.59. The summed E-state index contributed by atoms with van der Waals surface area (Å²) in [5.74, 6) is 0.411. The van der Waals surface area contributed by atoms with E-state index in [2.05, 4.69) is 20.2 Å². The van der Waals surface area contributed by atoms with Gasteiger partial charge in [0.2, 0.25) is 11.9 Å². The van der Waals surface area contributed by atoms with Crippen LogP contribution in [0, 0.1) is 0 Å². The Morgan fingerprint density at radius 1 is 1.18 bits per heavy atom. The minimum atomic E-state index is -0.452. The Labute approximate surface area is 128 Å². The third-order valence-electron chi connectivity index (χ3n) is 3.74. The first-order chi connectivity index (χ1) is 10.7. The zero-order chi connectivity index (χ0) is 15.4. The number of rotatable bonds is 4. The molecule has 0 unspecified atom stereocenters. The number of carbonyl (C=O) groups excluding carboxylic acids is 2. The summed E-state index contributed by atoms with van der Waals surface area (Å²) in [5.41, 5.74) is 0.526. The number of hydrogen-bond donors (Lipinski definition) is 1. The normalized spacial score (nSPS) is 18.3. The molecule has 0 atom stereocenters. The van der Waals surface area contributed by atoms with Crippen LogP contribution in [0.4, 0.5) is 16.4 Å². The lowest BCUT2D eigenvalue weighted by Gasteiger charge is -2.26. The number of ether oxygens (including phenoxy) is 1. The average molecular weight is 305 g/mol. The van der Waals surface area contributed by atoms with E-state index in [0.29, 0.717) is 24.8 Å². The molecule has 2 saturated heterocycles. The summed E-state index contributed by atoms with van der Waals surface area (Å²) in [6, 6.07) is 0. The first-order valence-electron chi connectivity index (χ1n) is 7.51. The molecule has 1 aromatic rings. The fraction of sp³-hybridized carbons (Fsp3) is 0.571. The zero-order valence-corrected chi connectivity index (χ0v) is 12.3. The molecule has 1 N–H and O–H groups in total. The minimum Gasteiger partial charge on any atom is -0.448 e. The van der Waals surface area contributed by atoms with Crippen molar-refractivity contribution in [3.63, 3.8) is 0 Å². The van der Waals surface area contributed by atoms with Gasteiger partial charge in [-0.05, 0) is 19.3 Å². The van der Waals surface area contributed by atoms with Crippen LogP contribution in [0.25, 0.3) is 0 Å². The summed E-state index contributed by atoms with van der Waals surface area (Å²) >= 11 is 0. The summed E-state index contributed by atoms with van der Waals surface area (Å²) in [7, 11) is 0. The van der Waals surface area contributed by atoms with Gasteiger partial charge in [0.15, 0.2) is 0 Å². The van der Waals surface area contributed by atoms with E-state index in [0.717, 1.165) is 25.9 Å². The number of piperidine rings is 1. The van der Waals surface area contributed by atoms with Crippen LogP contribution in [0.2, 0.25) is 0 Å². The van der Waals surface area contributed by atoms with Gasteiger partial charge in [-0.25, -0.2) is 14.8 Å². The Kier molecular flexibility index (Phi) is 4.36. The van der Waals surface area contributed by atoms with Crippen molar-refractivity contribution < 1.29 is 14.3 Å². The Morgan fingerprint density at radius 3 is 2.55 bits per heavy atom. The molecule has 8 heteroatoms. The molecule has 0 bridgehead atoms. The Balaban J connectivity index is 1.54. The average Bonchev–Trinajstić information content (AvgIpc) is 2.94. The lowest BCUT2D eigenvalue weighted by Crippen LogP contribution is -2.34. The summed E-state index contributed by atoms with van der Waals surface area (Å²) in [5, 5.41) is 2.69. The number of aromatic nitrogens is 2. The lowest BCUT2D eigenvalue weighted by atomic mass is 10.1. The van der Waals surface area contributed by atoms with Gasteiger partial charge in [-0.15, -0.1) is 0 Å². The van der Waals surface area contributed by atoms with Gasteiger partial charge in [0, 0.05) is 13.1 Å². The number of carbonyl (C=O) groups is 2. The Morgan fingerprint density at radius 2 is 1.91 bits per heavy atom. The number of nitrogens with one attached hydrogen (secondary N) is 1. The summed E-state index contributed by atoms with van der Waals surface area (Å²) in [6.07, 6.45) is 6.31. The van der Waals surface area contributed by atoms with E-state index in [1.54, 1.807) is 12.4 Å². The van der Waals surface area contributed by atoms with Gasteiger partial charge in [-0.3, -0.25) is 9.69 Å². The molecular weight excluding hydrogens is 286 g/mol. The van der Waals surface area contributed by atoms with Crippen molar-refractivity contribution in [2.45, 2.75) is 19.3 Å². The van der Waals surface area contributed by atoms with E-state index in [9.17, 15) is 9.59 Å². The molecule has 0 aromatic carbocycles. The van der Waals surface area contributed by atoms with Crippen LogP contribution in [-0.4, -0.2) is 59.7 Å². The fourth-order valence-electron chi connectivity index (χ4n) is 2.59. The molecular formula is C14H19N5O3. The molecule has 1 aromatic heterocycles. The minimum absolute atomic E-state index is 0.0211. The molecule has 0 spiro atoms. The van der Waals surface area contributed by atoms with Gasteiger partial charge in [-0.1, -0.05) is 0 Å². The van der Waals surface area contributed by atoms with Crippen molar-refractivity contribution in [3.8, 4) is 0 Å². The number of nitrogens with zero attached hydrogens (tertiary/aromatic N) is 4. The van der Waals surface area contributed by atoms with Crippen LogP contribution < -0.4 is 10.2 Å².